The van der Waals surface area contributed by atoms with E-state index in [1.165, 1.54) is 6.20 Å². The second-order valence-corrected chi connectivity index (χ2v) is 6.67. The number of para-hydroxylation sites is 1. The van der Waals surface area contributed by atoms with E-state index in [4.69, 9.17) is 4.74 Å². The van der Waals surface area contributed by atoms with E-state index in [2.05, 4.69) is 10.3 Å². The van der Waals surface area contributed by atoms with Crippen LogP contribution in [0.4, 0.5) is 0 Å². The molecular weight excluding hydrogens is 362 g/mol. The third-order valence-electron chi connectivity index (χ3n) is 4.90. The summed E-state index contributed by atoms with van der Waals surface area (Å²) in [5, 5.41) is 2.93. The van der Waals surface area contributed by atoms with Crippen molar-refractivity contribution in [3.8, 4) is 0 Å². The number of aromatic nitrogens is 1. The van der Waals surface area contributed by atoms with Crippen molar-refractivity contribution >= 4 is 28.7 Å². The number of rotatable bonds is 5. The first-order valence-corrected chi connectivity index (χ1v) is 9.34. The molecule has 0 radical (unpaired) electrons. The Morgan fingerprint density at radius 1 is 1.21 bits per heavy atom. The number of esters is 1. The molecule has 0 bridgehead atoms. The molecule has 148 valence electrons. The molecule has 3 rings (SSSR count). The fourth-order valence-corrected chi connectivity index (χ4v) is 3.32. The van der Waals surface area contributed by atoms with Gasteiger partial charge in [0.05, 0.1) is 19.1 Å². The second-order valence-electron chi connectivity index (χ2n) is 6.67. The van der Waals surface area contributed by atoms with Crippen LogP contribution in [-0.2, 0) is 14.3 Å². The van der Waals surface area contributed by atoms with Crippen LogP contribution < -0.4 is 10.7 Å². The van der Waals surface area contributed by atoms with Crippen molar-refractivity contribution in [2.75, 3.05) is 26.2 Å². The van der Waals surface area contributed by atoms with Gasteiger partial charge in [-0.1, -0.05) is 12.1 Å². The van der Waals surface area contributed by atoms with Crippen LogP contribution in [0.25, 0.3) is 10.9 Å². The molecular formula is C20H23N3O5. The van der Waals surface area contributed by atoms with Crippen molar-refractivity contribution in [2.45, 2.75) is 19.8 Å². The average Bonchev–Trinajstić information content (AvgIpc) is 2.72. The van der Waals surface area contributed by atoms with Gasteiger partial charge < -0.3 is 19.9 Å². The van der Waals surface area contributed by atoms with E-state index in [0.29, 0.717) is 43.4 Å². The van der Waals surface area contributed by atoms with Gasteiger partial charge in [0.2, 0.25) is 11.3 Å². The lowest BCUT2D eigenvalue weighted by Gasteiger charge is -2.30. The first-order valence-electron chi connectivity index (χ1n) is 9.34. The molecule has 0 atom stereocenters. The number of fused-ring (bicyclic) bond motifs is 1. The molecule has 8 nitrogen and oxygen atoms in total. The molecule has 2 amide bonds. The zero-order valence-electron chi connectivity index (χ0n) is 15.7. The third-order valence-corrected chi connectivity index (χ3v) is 4.90. The first-order chi connectivity index (χ1) is 13.5. The van der Waals surface area contributed by atoms with Gasteiger partial charge in [-0.2, -0.15) is 0 Å². The number of nitrogens with zero attached hydrogens (tertiary/aromatic N) is 1. The molecule has 2 aromatic rings. The highest BCUT2D eigenvalue weighted by Crippen LogP contribution is 2.18. The number of ether oxygens (including phenoxy) is 1. The Hall–Kier alpha value is -3.16. The molecule has 1 aliphatic heterocycles. The largest absolute Gasteiger partial charge is 0.466 e. The maximum Gasteiger partial charge on any atom is 0.309 e. The number of carbonyl (C=O) groups excluding carboxylic acids is 3. The summed E-state index contributed by atoms with van der Waals surface area (Å²) in [7, 11) is 0. The fraction of sp³-hybridized carbons (Fsp3) is 0.400. The molecule has 0 unspecified atom stereocenters. The number of hydrogen-bond donors (Lipinski definition) is 2. The van der Waals surface area contributed by atoms with E-state index in [-0.39, 0.29) is 35.3 Å². The molecule has 1 aromatic heterocycles. The number of nitrogens with one attached hydrogen (secondary N) is 2. The highest BCUT2D eigenvalue weighted by molar-refractivity contribution is 5.98. The average molecular weight is 385 g/mol. The van der Waals surface area contributed by atoms with Crippen LogP contribution in [0.1, 0.15) is 30.1 Å². The Morgan fingerprint density at radius 3 is 2.64 bits per heavy atom. The summed E-state index contributed by atoms with van der Waals surface area (Å²) in [6.07, 6.45) is 2.45. The molecule has 0 aliphatic carbocycles. The van der Waals surface area contributed by atoms with E-state index < -0.39 is 5.91 Å². The highest BCUT2D eigenvalue weighted by atomic mass is 16.5. The number of H-pyrrole nitrogens is 1. The summed E-state index contributed by atoms with van der Waals surface area (Å²) in [6.45, 7) is 2.79. The smallest absolute Gasteiger partial charge is 0.309 e. The van der Waals surface area contributed by atoms with Gasteiger partial charge in [-0.15, -0.1) is 0 Å². The van der Waals surface area contributed by atoms with Crippen molar-refractivity contribution in [3.63, 3.8) is 0 Å². The highest BCUT2D eigenvalue weighted by Gasteiger charge is 2.28. The minimum absolute atomic E-state index is 0.0347. The van der Waals surface area contributed by atoms with Crippen LogP contribution in [0.2, 0.25) is 0 Å². The van der Waals surface area contributed by atoms with Crippen LogP contribution >= 0.6 is 0 Å². The second kappa shape index (κ2) is 8.69. The number of pyridine rings is 1. The van der Waals surface area contributed by atoms with Gasteiger partial charge in [0, 0.05) is 30.2 Å². The summed E-state index contributed by atoms with van der Waals surface area (Å²) in [5.41, 5.74) is 0.228. The Balaban J connectivity index is 1.55. The zero-order valence-corrected chi connectivity index (χ0v) is 15.7. The van der Waals surface area contributed by atoms with Crippen molar-refractivity contribution < 1.29 is 19.1 Å². The normalized spacial score (nSPS) is 14.7. The fourth-order valence-electron chi connectivity index (χ4n) is 3.32. The number of benzene rings is 1. The van der Waals surface area contributed by atoms with E-state index in [1.54, 1.807) is 36.1 Å². The number of piperidine rings is 1. The zero-order chi connectivity index (χ0) is 20.1. The summed E-state index contributed by atoms with van der Waals surface area (Å²) in [6, 6.07) is 6.91. The number of carbonyl (C=O) groups is 3. The molecule has 8 heteroatoms. The molecule has 1 saturated heterocycles. The van der Waals surface area contributed by atoms with Crippen molar-refractivity contribution in [1.82, 2.24) is 15.2 Å². The minimum Gasteiger partial charge on any atom is -0.466 e. The Kier molecular flexibility index (Phi) is 6.08. The van der Waals surface area contributed by atoms with E-state index >= 15 is 0 Å². The van der Waals surface area contributed by atoms with Gasteiger partial charge in [0.15, 0.2) is 0 Å². The van der Waals surface area contributed by atoms with Crippen LogP contribution in [0.3, 0.4) is 0 Å². The number of likely N-dealkylation sites (tertiary alicyclic amines) is 1. The van der Waals surface area contributed by atoms with Crippen molar-refractivity contribution in [2.24, 2.45) is 5.92 Å². The Morgan fingerprint density at radius 2 is 1.93 bits per heavy atom. The van der Waals surface area contributed by atoms with Crippen LogP contribution in [0.5, 0.6) is 0 Å². The Labute approximate surface area is 161 Å². The molecule has 28 heavy (non-hydrogen) atoms. The van der Waals surface area contributed by atoms with Crippen molar-refractivity contribution in [1.29, 1.82) is 0 Å². The predicted molar refractivity (Wildman–Crippen MR) is 103 cm³/mol. The van der Waals surface area contributed by atoms with Crippen molar-refractivity contribution in [3.05, 3.63) is 46.2 Å². The molecule has 1 aromatic carbocycles. The standard InChI is InChI=1S/C20H23N3O5/c1-2-28-20(27)13-7-9-23(10-8-13)17(24)12-22-19(26)15-11-21-16-6-4-3-5-14(16)18(15)25/h3-6,11,13H,2,7-10,12H2,1H3,(H,21,25)(H,22,26). The molecule has 0 saturated carbocycles. The predicted octanol–water partition coefficient (Wildman–Crippen LogP) is 1.06. The van der Waals surface area contributed by atoms with E-state index in [9.17, 15) is 19.2 Å². The van der Waals surface area contributed by atoms with Gasteiger partial charge >= 0.3 is 5.97 Å². The molecule has 2 N–H and O–H groups in total. The maximum absolute atomic E-state index is 12.4. The summed E-state index contributed by atoms with van der Waals surface area (Å²) >= 11 is 0. The molecule has 2 heterocycles. The third kappa shape index (κ3) is 4.21. The van der Waals surface area contributed by atoms with E-state index in [1.807, 2.05) is 0 Å². The first kappa shape index (κ1) is 19.6. The topological polar surface area (TPSA) is 109 Å². The SMILES string of the molecule is CCOC(=O)C1CCN(C(=O)CNC(=O)c2c[nH]c3ccccc3c2=O)CC1. The van der Waals surface area contributed by atoms with Gasteiger partial charge in [-0.3, -0.25) is 19.2 Å². The number of aromatic amines is 1. The Bertz CT molecular complexity index is 944. The lowest BCUT2D eigenvalue weighted by Crippen LogP contribution is -2.45. The van der Waals surface area contributed by atoms with E-state index in [0.717, 1.165) is 0 Å². The van der Waals surface area contributed by atoms with Gasteiger partial charge in [-0.05, 0) is 31.9 Å². The van der Waals surface area contributed by atoms with Gasteiger partial charge in [0.25, 0.3) is 5.91 Å². The summed E-state index contributed by atoms with van der Waals surface area (Å²) in [5.74, 6) is -1.25. The number of amides is 2. The van der Waals surface area contributed by atoms with Crippen LogP contribution in [-0.4, -0.2) is 53.9 Å². The minimum atomic E-state index is -0.596. The lowest BCUT2D eigenvalue weighted by atomic mass is 9.97. The molecule has 0 spiro atoms. The molecule has 1 fully saturated rings. The maximum atomic E-state index is 12.4. The molecule has 1 aliphatic rings. The summed E-state index contributed by atoms with van der Waals surface area (Å²) < 4.78 is 5.01. The monoisotopic (exact) mass is 385 g/mol. The van der Waals surface area contributed by atoms with Gasteiger partial charge in [0.1, 0.15) is 5.56 Å². The van der Waals surface area contributed by atoms with Crippen LogP contribution in [0.15, 0.2) is 35.3 Å². The number of hydrogen-bond acceptors (Lipinski definition) is 5. The summed E-state index contributed by atoms with van der Waals surface area (Å²) in [4.78, 5) is 53.4. The lowest BCUT2D eigenvalue weighted by molar-refractivity contribution is -0.151. The quantitative estimate of drug-likeness (QED) is 0.748. The van der Waals surface area contributed by atoms with Crippen LogP contribution in [0, 0.1) is 5.92 Å². The van der Waals surface area contributed by atoms with Gasteiger partial charge in [-0.25, -0.2) is 0 Å².